The summed E-state index contributed by atoms with van der Waals surface area (Å²) in [6.45, 7) is 4.30. The van der Waals surface area contributed by atoms with Gasteiger partial charge in [-0.05, 0) is 37.2 Å². The number of carbonyl (C=O) groups excluding carboxylic acids is 1. The number of aromatic nitrogens is 1. The molecule has 21 heavy (non-hydrogen) atoms. The van der Waals surface area contributed by atoms with Gasteiger partial charge in [0.1, 0.15) is 16.7 Å². The molecule has 1 aromatic rings. The molecule has 0 radical (unpaired) electrons. The predicted octanol–water partition coefficient (Wildman–Crippen LogP) is 2.93. The average Bonchev–Trinajstić information content (AvgIpc) is 2.69. The third kappa shape index (κ3) is 4.01. The van der Waals surface area contributed by atoms with Gasteiger partial charge in [-0.3, -0.25) is 0 Å². The van der Waals surface area contributed by atoms with Crippen molar-refractivity contribution in [1.29, 1.82) is 0 Å². The monoisotopic (exact) mass is 333 g/mol. The molecule has 1 aliphatic rings. The molecule has 5 nitrogen and oxygen atoms in total. The summed E-state index contributed by atoms with van der Waals surface area (Å²) in [5.41, 5.74) is 0.195. The van der Waals surface area contributed by atoms with E-state index in [4.69, 9.17) is 15.4 Å². The second-order valence-corrected chi connectivity index (χ2v) is 8.62. The van der Waals surface area contributed by atoms with E-state index in [1.807, 2.05) is 0 Å². The Labute approximate surface area is 129 Å². The standard InChI is InChI=1S/C14H20ClNO4S/c1-9-4-10(2)6-11(5-9)20-14(17)13-7-12(8-16(13)3)21(15,18)19/h7-11H,4-6H2,1-3H3. The normalized spacial score (nSPS) is 26.6. The molecule has 1 fully saturated rings. The highest BCUT2D eigenvalue weighted by Gasteiger charge is 2.28. The summed E-state index contributed by atoms with van der Waals surface area (Å²) in [4.78, 5) is 12.1. The zero-order chi connectivity index (χ0) is 15.8. The average molecular weight is 334 g/mol. The minimum absolute atomic E-state index is 0.0935. The Morgan fingerprint density at radius 3 is 2.33 bits per heavy atom. The van der Waals surface area contributed by atoms with Crippen LogP contribution < -0.4 is 0 Å². The van der Waals surface area contributed by atoms with Crippen molar-refractivity contribution in [3.8, 4) is 0 Å². The Hall–Kier alpha value is -1.01. The lowest BCUT2D eigenvalue weighted by atomic mass is 9.82. The van der Waals surface area contributed by atoms with Crippen LogP contribution in [0.5, 0.6) is 0 Å². The molecule has 7 heteroatoms. The van der Waals surface area contributed by atoms with Crippen molar-refractivity contribution < 1.29 is 17.9 Å². The summed E-state index contributed by atoms with van der Waals surface area (Å²) in [6, 6.07) is 1.25. The second kappa shape index (κ2) is 6.01. The van der Waals surface area contributed by atoms with Gasteiger partial charge < -0.3 is 9.30 Å². The van der Waals surface area contributed by atoms with Gasteiger partial charge in [0.15, 0.2) is 0 Å². The van der Waals surface area contributed by atoms with Gasteiger partial charge in [0.25, 0.3) is 9.05 Å². The Morgan fingerprint density at radius 1 is 1.29 bits per heavy atom. The molecule has 1 aromatic heterocycles. The van der Waals surface area contributed by atoms with Gasteiger partial charge in [-0.2, -0.15) is 0 Å². The highest BCUT2D eigenvalue weighted by Crippen LogP contribution is 2.31. The highest BCUT2D eigenvalue weighted by molar-refractivity contribution is 8.13. The number of aryl methyl sites for hydroxylation is 1. The first-order valence-electron chi connectivity index (χ1n) is 6.98. The lowest BCUT2D eigenvalue weighted by molar-refractivity contribution is 0.00709. The smallest absolute Gasteiger partial charge is 0.355 e. The number of rotatable bonds is 3. The SMILES string of the molecule is CC1CC(C)CC(OC(=O)c2cc(S(=O)(=O)Cl)cn2C)C1. The summed E-state index contributed by atoms with van der Waals surface area (Å²) in [7, 11) is 3.03. The summed E-state index contributed by atoms with van der Waals surface area (Å²) in [5, 5.41) is 0. The molecule has 0 bridgehead atoms. The molecule has 1 saturated carbocycles. The van der Waals surface area contributed by atoms with Crippen LogP contribution in [0.25, 0.3) is 0 Å². The minimum Gasteiger partial charge on any atom is -0.458 e. The fraction of sp³-hybridized carbons (Fsp3) is 0.643. The minimum atomic E-state index is -3.85. The first-order chi connectivity index (χ1) is 9.66. The maximum Gasteiger partial charge on any atom is 0.355 e. The number of hydrogen-bond donors (Lipinski definition) is 0. The molecule has 0 aliphatic heterocycles. The van der Waals surface area contributed by atoms with Crippen LogP contribution in [-0.4, -0.2) is 25.1 Å². The van der Waals surface area contributed by atoms with Gasteiger partial charge in [-0.25, -0.2) is 13.2 Å². The number of ether oxygens (including phenoxy) is 1. The van der Waals surface area contributed by atoms with Crippen LogP contribution in [-0.2, 0) is 20.8 Å². The van der Waals surface area contributed by atoms with Gasteiger partial charge in [0.2, 0.25) is 0 Å². The largest absolute Gasteiger partial charge is 0.458 e. The van der Waals surface area contributed by atoms with E-state index in [-0.39, 0.29) is 16.7 Å². The Morgan fingerprint density at radius 2 is 1.86 bits per heavy atom. The van der Waals surface area contributed by atoms with Crippen LogP contribution in [0, 0.1) is 11.8 Å². The van der Waals surface area contributed by atoms with Crippen molar-refractivity contribution in [2.24, 2.45) is 18.9 Å². The molecule has 0 saturated heterocycles. The van der Waals surface area contributed by atoms with Gasteiger partial charge in [0, 0.05) is 23.9 Å². The number of esters is 1. The first kappa shape index (κ1) is 16.4. The number of nitrogens with zero attached hydrogens (tertiary/aromatic N) is 1. The Bertz CT molecular complexity index is 627. The van der Waals surface area contributed by atoms with Gasteiger partial charge in [0.05, 0.1) is 0 Å². The quantitative estimate of drug-likeness (QED) is 0.630. The lowest BCUT2D eigenvalue weighted by Gasteiger charge is -2.30. The van der Waals surface area contributed by atoms with E-state index in [0.717, 1.165) is 19.3 Å². The summed E-state index contributed by atoms with van der Waals surface area (Å²) in [5.74, 6) is 0.549. The molecule has 0 aromatic carbocycles. The Balaban J connectivity index is 2.12. The predicted molar refractivity (Wildman–Crippen MR) is 79.8 cm³/mol. The topological polar surface area (TPSA) is 65.4 Å². The summed E-state index contributed by atoms with van der Waals surface area (Å²) >= 11 is 0. The van der Waals surface area contributed by atoms with Crippen molar-refractivity contribution in [2.45, 2.75) is 44.1 Å². The summed E-state index contributed by atoms with van der Waals surface area (Å²) in [6.07, 6.45) is 4.04. The molecule has 1 aliphatic carbocycles. The molecular formula is C14H20ClNO4S. The number of hydrogen-bond acceptors (Lipinski definition) is 4. The third-order valence-corrected chi connectivity index (χ3v) is 5.20. The number of carbonyl (C=O) groups is 1. The van der Waals surface area contributed by atoms with E-state index in [0.29, 0.717) is 11.8 Å². The van der Waals surface area contributed by atoms with Crippen LogP contribution >= 0.6 is 10.7 Å². The van der Waals surface area contributed by atoms with Crippen molar-refractivity contribution in [1.82, 2.24) is 4.57 Å². The first-order valence-corrected chi connectivity index (χ1v) is 9.29. The molecule has 2 rings (SSSR count). The molecule has 2 atom stereocenters. The maximum absolute atomic E-state index is 12.2. The molecular weight excluding hydrogens is 314 g/mol. The van der Waals surface area contributed by atoms with E-state index < -0.39 is 15.0 Å². The van der Waals surface area contributed by atoms with Gasteiger partial charge in [-0.15, -0.1) is 0 Å². The lowest BCUT2D eigenvalue weighted by Crippen LogP contribution is -2.29. The van der Waals surface area contributed by atoms with Crippen molar-refractivity contribution in [3.63, 3.8) is 0 Å². The van der Waals surface area contributed by atoms with Crippen LogP contribution in [0.1, 0.15) is 43.6 Å². The van der Waals surface area contributed by atoms with E-state index in [1.165, 1.54) is 16.8 Å². The molecule has 2 unspecified atom stereocenters. The zero-order valence-corrected chi connectivity index (χ0v) is 13.9. The molecule has 118 valence electrons. The van der Waals surface area contributed by atoms with E-state index in [2.05, 4.69) is 13.8 Å². The maximum atomic E-state index is 12.2. The van der Waals surface area contributed by atoms with Crippen LogP contribution in [0.2, 0.25) is 0 Å². The second-order valence-electron chi connectivity index (χ2n) is 6.05. The molecule has 0 spiro atoms. The zero-order valence-electron chi connectivity index (χ0n) is 12.4. The third-order valence-electron chi connectivity index (χ3n) is 3.88. The number of halogens is 1. The van der Waals surface area contributed by atoms with Crippen molar-refractivity contribution in [2.75, 3.05) is 0 Å². The molecule has 1 heterocycles. The van der Waals surface area contributed by atoms with Crippen LogP contribution in [0.4, 0.5) is 0 Å². The van der Waals surface area contributed by atoms with E-state index in [1.54, 1.807) is 7.05 Å². The summed E-state index contributed by atoms with van der Waals surface area (Å²) < 4.78 is 29.5. The molecule has 0 N–H and O–H groups in total. The van der Waals surface area contributed by atoms with Crippen LogP contribution in [0.3, 0.4) is 0 Å². The van der Waals surface area contributed by atoms with E-state index in [9.17, 15) is 13.2 Å². The Kier molecular flexibility index (Phi) is 4.68. The van der Waals surface area contributed by atoms with Crippen molar-refractivity contribution in [3.05, 3.63) is 18.0 Å². The van der Waals surface area contributed by atoms with E-state index >= 15 is 0 Å². The highest BCUT2D eigenvalue weighted by atomic mass is 35.7. The van der Waals surface area contributed by atoms with Gasteiger partial charge >= 0.3 is 5.97 Å². The fourth-order valence-corrected chi connectivity index (χ4v) is 3.84. The van der Waals surface area contributed by atoms with Crippen LogP contribution in [0.15, 0.2) is 17.2 Å². The molecule has 0 amide bonds. The van der Waals surface area contributed by atoms with Gasteiger partial charge in [-0.1, -0.05) is 13.8 Å². The fourth-order valence-electron chi connectivity index (χ4n) is 3.05. The van der Waals surface area contributed by atoms with Crippen molar-refractivity contribution >= 4 is 25.7 Å².